The predicted octanol–water partition coefficient (Wildman–Crippen LogP) is 2.90. The smallest absolute Gasteiger partial charge is 0.248 e. The van der Waals surface area contributed by atoms with E-state index in [0.29, 0.717) is 5.56 Å². The number of aryl methyl sites for hydroxylation is 1. The molecule has 0 aliphatic carbocycles. The van der Waals surface area contributed by atoms with Gasteiger partial charge in [-0.15, -0.1) is 0 Å². The van der Waals surface area contributed by atoms with E-state index in [4.69, 9.17) is 17.3 Å². The zero-order valence-electron chi connectivity index (χ0n) is 13.1. The molecule has 1 fully saturated rings. The lowest BCUT2D eigenvalue weighted by atomic mass is 10.0. The standard InChI is InChI=1S/C18H20ClN3O/c1-12-10-14(18(20)23)4-7-16(12)22-9-8-21-11-17(22)13-2-5-15(19)6-3-13/h2-7,10,17,21H,8-9,11H2,1H3,(H2,20,23)/t17-/m0/s1. The number of nitrogens with zero attached hydrogens (tertiary/aromatic N) is 1. The summed E-state index contributed by atoms with van der Waals surface area (Å²) in [7, 11) is 0. The number of benzene rings is 2. The molecule has 120 valence electrons. The number of nitrogens with two attached hydrogens (primary N) is 1. The van der Waals surface area contributed by atoms with Crippen molar-refractivity contribution in [3.05, 3.63) is 64.2 Å². The van der Waals surface area contributed by atoms with Gasteiger partial charge in [-0.3, -0.25) is 4.79 Å². The Bertz CT molecular complexity index is 715. The topological polar surface area (TPSA) is 58.4 Å². The first kappa shape index (κ1) is 15.8. The quantitative estimate of drug-likeness (QED) is 0.910. The Morgan fingerprint density at radius 2 is 2.00 bits per heavy atom. The molecule has 0 aromatic heterocycles. The van der Waals surface area contributed by atoms with Gasteiger partial charge in [-0.05, 0) is 48.4 Å². The number of anilines is 1. The number of halogens is 1. The average Bonchev–Trinajstić information content (AvgIpc) is 2.55. The van der Waals surface area contributed by atoms with Crippen LogP contribution >= 0.6 is 11.6 Å². The summed E-state index contributed by atoms with van der Waals surface area (Å²) in [6, 6.07) is 13.9. The molecule has 3 N–H and O–H groups in total. The van der Waals surface area contributed by atoms with Crippen LogP contribution in [0.15, 0.2) is 42.5 Å². The van der Waals surface area contributed by atoms with Gasteiger partial charge >= 0.3 is 0 Å². The van der Waals surface area contributed by atoms with Gasteiger partial charge in [0.15, 0.2) is 0 Å². The van der Waals surface area contributed by atoms with E-state index in [2.05, 4.69) is 22.3 Å². The van der Waals surface area contributed by atoms with E-state index < -0.39 is 5.91 Å². The fraction of sp³-hybridized carbons (Fsp3) is 0.278. The molecule has 1 amide bonds. The number of rotatable bonds is 3. The number of primary amides is 1. The molecule has 3 rings (SSSR count). The SMILES string of the molecule is Cc1cc(C(N)=O)ccc1N1CCNC[C@H]1c1ccc(Cl)cc1. The molecule has 4 nitrogen and oxygen atoms in total. The summed E-state index contributed by atoms with van der Waals surface area (Å²) in [6.07, 6.45) is 0. The molecule has 0 spiro atoms. The number of carbonyl (C=O) groups is 1. The van der Waals surface area contributed by atoms with Crippen molar-refractivity contribution >= 4 is 23.2 Å². The van der Waals surface area contributed by atoms with E-state index in [1.165, 1.54) is 5.56 Å². The Morgan fingerprint density at radius 3 is 2.65 bits per heavy atom. The molecule has 0 saturated carbocycles. The minimum absolute atomic E-state index is 0.235. The van der Waals surface area contributed by atoms with Crippen molar-refractivity contribution in [2.45, 2.75) is 13.0 Å². The maximum Gasteiger partial charge on any atom is 0.248 e. The van der Waals surface area contributed by atoms with Gasteiger partial charge in [-0.25, -0.2) is 0 Å². The van der Waals surface area contributed by atoms with Crippen LogP contribution in [0.1, 0.15) is 27.5 Å². The molecule has 0 radical (unpaired) electrons. The van der Waals surface area contributed by atoms with Crippen molar-refractivity contribution in [1.82, 2.24) is 5.32 Å². The third kappa shape index (κ3) is 3.33. The van der Waals surface area contributed by atoms with E-state index in [9.17, 15) is 4.79 Å². The number of piperazine rings is 1. The second kappa shape index (κ2) is 6.60. The van der Waals surface area contributed by atoms with E-state index in [0.717, 1.165) is 35.9 Å². The average molecular weight is 330 g/mol. The van der Waals surface area contributed by atoms with Crippen molar-refractivity contribution in [3.63, 3.8) is 0 Å². The maximum atomic E-state index is 11.3. The lowest BCUT2D eigenvalue weighted by molar-refractivity contribution is 0.1000. The van der Waals surface area contributed by atoms with Gasteiger partial charge in [0.05, 0.1) is 6.04 Å². The highest BCUT2D eigenvalue weighted by Crippen LogP contribution is 2.31. The molecule has 5 heteroatoms. The Balaban J connectivity index is 1.95. The van der Waals surface area contributed by atoms with Gasteiger partial charge < -0.3 is 16.0 Å². The van der Waals surface area contributed by atoms with Crippen LogP contribution in [0.4, 0.5) is 5.69 Å². The molecule has 0 bridgehead atoms. The Labute approximate surface area is 141 Å². The lowest BCUT2D eigenvalue weighted by Gasteiger charge is -2.39. The molecule has 23 heavy (non-hydrogen) atoms. The third-order valence-corrected chi connectivity index (χ3v) is 4.54. The molecule has 1 heterocycles. The van der Waals surface area contributed by atoms with Crippen LogP contribution in [0.3, 0.4) is 0 Å². The zero-order chi connectivity index (χ0) is 16.4. The summed E-state index contributed by atoms with van der Waals surface area (Å²) in [5.41, 5.74) is 9.33. The highest BCUT2D eigenvalue weighted by Gasteiger charge is 2.25. The van der Waals surface area contributed by atoms with Gasteiger partial charge in [0.1, 0.15) is 0 Å². The fourth-order valence-electron chi connectivity index (χ4n) is 3.11. The molecule has 0 unspecified atom stereocenters. The first-order chi connectivity index (χ1) is 11.1. The molecular weight excluding hydrogens is 310 g/mol. The minimum atomic E-state index is -0.394. The van der Waals surface area contributed by atoms with Crippen LogP contribution < -0.4 is 16.0 Å². The molecule has 1 aliphatic rings. The first-order valence-electron chi connectivity index (χ1n) is 7.69. The molecule has 1 atom stereocenters. The van der Waals surface area contributed by atoms with Crippen LogP contribution in [0.25, 0.3) is 0 Å². The second-order valence-electron chi connectivity index (χ2n) is 5.83. The van der Waals surface area contributed by atoms with Crippen molar-refractivity contribution < 1.29 is 4.79 Å². The molecule has 1 aliphatic heterocycles. The van der Waals surface area contributed by atoms with Gasteiger partial charge in [0.25, 0.3) is 0 Å². The summed E-state index contributed by atoms with van der Waals surface area (Å²) in [5, 5.41) is 4.19. The summed E-state index contributed by atoms with van der Waals surface area (Å²) in [5.74, 6) is -0.394. The number of carbonyl (C=O) groups excluding carboxylic acids is 1. The number of amides is 1. The van der Waals surface area contributed by atoms with Gasteiger partial charge in [-0.1, -0.05) is 23.7 Å². The zero-order valence-corrected chi connectivity index (χ0v) is 13.8. The number of hydrogen-bond donors (Lipinski definition) is 2. The van der Waals surface area contributed by atoms with E-state index in [-0.39, 0.29) is 6.04 Å². The lowest BCUT2D eigenvalue weighted by Crippen LogP contribution is -2.46. The van der Waals surface area contributed by atoms with Crippen LogP contribution in [0.5, 0.6) is 0 Å². The Morgan fingerprint density at radius 1 is 1.26 bits per heavy atom. The van der Waals surface area contributed by atoms with Gasteiger partial charge in [0, 0.05) is 35.9 Å². The Hall–Kier alpha value is -2.04. The largest absolute Gasteiger partial charge is 0.366 e. The summed E-state index contributed by atoms with van der Waals surface area (Å²) < 4.78 is 0. The van der Waals surface area contributed by atoms with Crippen molar-refractivity contribution in [2.24, 2.45) is 5.73 Å². The normalized spacial score (nSPS) is 18.0. The fourth-order valence-corrected chi connectivity index (χ4v) is 3.23. The molecule has 2 aromatic carbocycles. The van der Waals surface area contributed by atoms with Crippen LogP contribution in [0.2, 0.25) is 5.02 Å². The monoisotopic (exact) mass is 329 g/mol. The highest BCUT2D eigenvalue weighted by atomic mass is 35.5. The number of nitrogens with one attached hydrogen (secondary N) is 1. The van der Waals surface area contributed by atoms with Crippen LogP contribution in [-0.2, 0) is 0 Å². The van der Waals surface area contributed by atoms with Crippen LogP contribution in [-0.4, -0.2) is 25.5 Å². The summed E-state index contributed by atoms with van der Waals surface area (Å²) in [4.78, 5) is 13.7. The van der Waals surface area contributed by atoms with E-state index in [1.807, 2.05) is 31.2 Å². The van der Waals surface area contributed by atoms with Gasteiger partial charge in [0.2, 0.25) is 5.91 Å². The minimum Gasteiger partial charge on any atom is -0.366 e. The van der Waals surface area contributed by atoms with Gasteiger partial charge in [-0.2, -0.15) is 0 Å². The maximum absolute atomic E-state index is 11.3. The third-order valence-electron chi connectivity index (χ3n) is 4.29. The van der Waals surface area contributed by atoms with Crippen molar-refractivity contribution in [3.8, 4) is 0 Å². The molecular formula is C18H20ClN3O. The van der Waals surface area contributed by atoms with Crippen molar-refractivity contribution in [1.29, 1.82) is 0 Å². The molecule has 2 aromatic rings. The highest BCUT2D eigenvalue weighted by molar-refractivity contribution is 6.30. The number of hydrogen-bond acceptors (Lipinski definition) is 3. The summed E-state index contributed by atoms with van der Waals surface area (Å²) in [6.45, 7) is 4.73. The first-order valence-corrected chi connectivity index (χ1v) is 8.07. The van der Waals surface area contributed by atoms with Crippen molar-refractivity contribution in [2.75, 3.05) is 24.5 Å². The Kier molecular flexibility index (Phi) is 4.55. The van der Waals surface area contributed by atoms with Crippen LogP contribution in [0, 0.1) is 6.92 Å². The van der Waals surface area contributed by atoms with E-state index >= 15 is 0 Å². The predicted molar refractivity (Wildman–Crippen MR) is 94.1 cm³/mol. The summed E-state index contributed by atoms with van der Waals surface area (Å²) >= 11 is 6.00. The second-order valence-corrected chi connectivity index (χ2v) is 6.27. The molecule has 1 saturated heterocycles. The van der Waals surface area contributed by atoms with E-state index in [1.54, 1.807) is 6.07 Å².